The predicted octanol–water partition coefficient (Wildman–Crippen LogP) is 1.09. The highest BCUT2D eigenvalue weighted by atomic mass is 16.5. The van der Waals surface area contributed by atoms with Gasteiger partial charge in [0.05, 0.1) is 7.11 Å². The van der Waals surface area contributed by atoms with Crippen molar-refractivity contribution in [2.75, 3.05) is 40.3 Å². The third-order valence-corrected chi connectivity index (χ3v) is 5.44. The minimum absolute atomic E-state index is 0.0970. The van der Waals surface area contributed by atoms with E-state index >= 15 is 0 Å². The first-order valence-corrected chi connectivity index (χ1v) is 8.13. The number of piperazine rings is 1. The van der Waals surface area contributed by atoms with Gasteiger partial charge in [0, 0.05) is 31.2 Å². The fourth-order valence-corrected chi connectivity index (χ4v) is 3.87. The number of methoxy groups -OCH3 is 1. The van der Waals surface area contributed by atoms with Crippen molar-refractivity contribution in [3.05, 3.63) is 0 Å². The normalized spacial score (nSPS) is 34.0. The summed E-state index contributed by atoms with van der Waals surface area (Å²) in [5, 5.41) is 3.40. The van der Waals surface area contributed by atoms with E-state index in [1.54, 1.807) is 0 Å². The zero-order valence-corrected chi connectivity index (χ0v) is 14.2. The molecule has 1 aliphatic heterocycles. The molecular formula is C16H31N3O2. The van der Waals surface area contributed by atoms with E-state index in [4.69, 9.17) is 4.74 Å². The van der Waals surface area contributed by atoms with Crippen molar-refractivity contribution in [1.29, 1.82) is 0 Å². The van der Waals surface area contributed by atoms with Crippen LogP contribution in [0.25, 0.3) is 0 Å². The van der Waals surface area contributed by atoms with E-state index in [-0.39, 0.29) is 11.5 Å². The number of hydrogen-bond donors (Lipinski definition) is 1. The van der Waals surface area contributed by atoms with Gasteiger partial charge in [0.1, 0.15) is 5.54 Å². The molecule has 21 heavy (non-hydrogen) atoms. The van der Waals surface area contributed by atoms with Gasteiger partial charge >= 0.3 is 5.97 Å². The smallest absolute Gasteiger partial charge is 0.326 e. The second-order valence-electron chi connectivity index (χ2n) is 7.21. The first-order chi connectivity index (χ1) is 9.84. The van der Waals surface area contributed by atoms with Crippen LogP contribution in [0.1, 0.15) is 40.0 Å². The Kier molecular flexibility index (Phi) is 4.96. The number of likely N-dealkylation sites (N-methyl/N-ethyl adjacent to an activating group) is 2. The molecular weight excluding hydrogens is 266 g/mol. The van der Waals surface area contributed by atoms with Gasteiger partial charge in [0.25, 0.3) is 0 Å². The molecule has 2 atom stereocenters. The zero-order valence-electron chi connectivity index (χ0n) is 14.2. The molecule has 2 rings (SSSR count). The van der Waals surface area contributed by atoms with Crippen LogP contribution in [0.4, 0.5) is 0 Å². The number of nitrogens with zero attached hydrogens (tertiary/aromatic N) is 2. The van der Waals surface area contributed by atoms with Crippen molar-refractivity contribution in [2.45, 2.75) is 57.2 Å². The molecule has 0 aromatic rings. The van der Waals surface area contributed by atoms with Crippen LogP contribution >= 0.6 is 0 Å². The van der Waals surface area contributed by atoms with Gasteiger partial charge in [-0.15, -0.1) is 0 Å². The van der Waals surface area contributed by atoms with Crippen molar-refractivity contribution in [1.82, 2.24) is 15.1 Å². The van der Waals surface area contributed by atoms with Gasteiger partial charge in [-0.1, -0.05) is 6.92 Å². The van der Waals surface area contributed by atoms with Crippen molar-refractivity contribution in [3.63, 3.8) is 0 Å². The molecule has 5 heteroatoms. The van der Waals surface area contributed by atoms with Crippen LogP contribution in [0, 0.1) is 0 Å². The van der Waals surface area contributed by atoms with Crippen molar-refractivity contribution in [3.8, 4) is 0 Å². The highest BCUT2D eigenvalue weighted by Gasteiger charge is 2.48. The van der Waals surface area contributed by atoms with E-state index in [0.29, 0.717) is 6.04 Å². The molecule has 2 fully saturated rings. The largest absolute Gasteiger partial charge is 0.468 e. The molecule has 1 aliphatic carbocycles. The Labute approximate surface area is 129 Å². The number of carbonyl (C=O) groups is 1. The third-order valence-electron chi connectivity index (χ3n) is 5.44. The molecule has 0 amide bonds. The third kappa shape index (κ3) is 3.25. The molecule has 5 nitrogen and oxygen atoms in total. The summed E-state index contributed by atoms with van der Waals surface area (Å²) in [6, 6.07) is 0.483. The van der Waals surface area contributed by atoms with Gasteiger partial charge in [0.2, 0.25) is 0 Å². The summed E-state index contributed by atoms with van der Waals surface area (Å²) in [6.07, 6.45) is 2.82. The van der Waals surface area contributed by atoms with Gasteiger partial charge in [-0.25, -0.2) is 0 Å². The number of nitrogens with one attached hydrogen (secondary N) is 1. The molecule has 1 N–H and O–H groups in total. The molecule has 0 aromatic carbocycles. The molecule has 1 heterocycles. The molecule has 0 bridgehead atoms. The summed E-state index contributed by atoms with van der Waals surface area (Å²) >= 11 is 0. The number of rotatable bonds is 4. The molecule has 1 saturated carbocycles. The van der Waals surface area contributed by atoms with Crippen LogP contribution in [0.2, 0.25) is 0 Å². The standard InChI is InChI=1S/C16H31N3O2/c1-6-17-16(14(20)21-5)8-7-13(11-16)19-10-9-18(4)15(2,3)12-19/h13,17H,6-12H2,1-5H3. The van der Waals surface area contributed by atoms with Gasteiger partial charge in [-0.05, 0) is 46.7 Å². The Morgan fingerprint density at radius 3 is 2.67 bits per heavy atom. The molecule has 2 unspecified atom stereocenters. The number of ether oxygens (including phenoxy) is 1. The summed E-state index contributed by atoms with van der Waals surface area (Å²) in [6.45, 7) is 10.7. The van der Waals surface area contributed by atoms with E-state index in [2.05, 4.69) is 42.9 Å². The lowest BCUT2D eigenvalue weighted by atomic mass is 9.95. The highest BCUT2D eigenvalue weighted by molar-refractivity contribution is 5.81. The van der Waals surface area contributed by atoms with Crippen LogP contribution in [-0.4, -0.2) is 73.2 Å². The van der Waals surface area contributed by atoms with Crippen molar-refractivity contribution in [2.24, 2.45) is 0 Å². The highest BCUT2D eigenvalue weighted by Crippen LogP contribution is 2.36. The van der Waals surface area contributed by atoms with Gasteiger partial charge in [0.15, 0.2) is 0 Å². The lowest BCUT2D eigenvalue weighted by molar-refractivity contribution is -0.148. The minimum atomic E-state index is -0.471. The Morgan fingerprint density at radius 2 is 2.10 bits per heavy atom. The summed E-state index contributed by atoms with van der Waals surface area (Å²) in [7, 11) is 3.69. The van der Waals surface area contributed by atoms with Gasteiger partial charge in [-0.3, -0.25) is 14.6 Å². The lowest BCUT2D eigenvalue weighted by Gasteiger charge is -2.47. The quantitative estimate of drug-likeness (QED) is 0.787. The van der Waals surface area contributed by atoms with Crippen LogP contribution in [0.3, 0.4) is 0 Å². The summed E-state index contributed by atoms with van der Waals surface area (Å²) < 4.78 is 5.06. The maximum Gasteiger partial charge on any atom is 0.326 e. The van der Waals surface area contributed by atoms with Gasteiger partial charge < -0.3 is 10.1 Å². The van der Waals surface area contributed by atoms with Crippen LogP contribution in [0.15, 0.2) is 0 Å². The first kappa shape index (κ1) is 16.7. The molecule has 1 saturated heterocycles. The summed E-state index contributed by atoms with van der Waals surface area (Å²) in [5.74, 6) is -0.0970. The number of carbonyl (C=O) groups excluding carboxylic acids is 1. The maximum atomic E-state index is 12.2. The van der Waals surface area contributed by atoms with Crippen molar-refractivity contribution < 1.29 is 9.53 Å². The van der Waals surface area contributed by atoms with Crippen LogP contribution in [0.5, 0.6) is 0 Å². The van der Waals surface area contributed by atoms with Gasteiger partial charge in [-0.2, -0.15) is 0 Å². The second-order valence-corrected chi connectivity index (χ2v) is 7.21. The molecule has 122 valence electrons. The molecule has 0 aromatic heterocycles. The van der Waals surface area contributed by atoms with Crippen molar-refractivity contribution >= 4 is 5.97 Å². The maximum absolute atomic E-state index is 12.2. The Balaban J connectivity index is 2.05. The zero-order chi connectivity index (χ0) is 15.7. The lowest BCUT2D eigenvalue weighted by Crippen LogP contribution is -2.60. The topological polar surface area (TPSA) is 44.8 Å². The molecule has 0 spiro atoms. The average Bonchev–Trinajstić information content (AvgIpc) is 2.87. The average molecular weight is 297 g/mol. The van der Waals surface area contributed by atoms with E-state index in [0.717, 1.165) is 45.4 Å². The van der Waals surface area contributed by atoms with Crippen LogP contribution < -0.4 is 5.32 Å². The summed E-state index contributed by atoms with van der Waals surface area (Å²) in [5.41, 5.74) is -0.269. The van der Waals surface area contributed by atoms with E-state index in [1.165, 1.54) is 7.11 Å². The SMILES string of the molecule is CCNC1(C(=O)OC)CCC(N2CCN(C)C(C)(C)C2)C1. The Hall–Kier alpha value is -0.650. The second kappa shape index (κ2) is 6.23. The fraction of sp³-hybridized carbons (Fsp3) is 0.938. The summed E-state index contributed by atoms with van der Waals surface area (Å²) in [4.78, 5) is 17.2. The van der Waals surface area contributed by atoms with E-state index < -0.39 is 5.54 Å². The van der Waals surface area contributed by atoms with Crippen LogP contribution in [-0.2, 0) is 9.53 Å². The first-order valence-electron chi connectivity index (χ1n) is 8.13. The van der Waals surface area contributed by atoms with E-state index in [1.807, 2.05) is 0 Å². The monoisotopic (exact) mass is 297 g/mol. The molecule has 2 aliphatic rings. The number of hydrogen-bond acceptors (Lipinski definition) is 5. The minimum Gasteiger partial charge on any atom is -0.468 e. The Bertz CT molecular complexity index is 386. The number of esters is 1. The Morgan fingerprint density at radius 1 is 1.38 bits per heavy atom. The van der Waals surface area contributed by atoms with E-state index in [9.17, 15) is 4.79 Å². The fourth-order valence-electron chi connectivity index (χ4n) is 3.87. The predicted molar refractivity (Wildman–Crippen MR) is 84.3 cm³/mol. The molecule has 0 radical (unpaired) electrons.